The Hall–Kier alpha value is -3.89. The average molecular weight is 599 g/mol. The minimum atomic E-state index is -1.41. The fraction of sp³-hybridized carbons (Fsp3) is 0.310. The maximum absolute atomic E-state index is 15.3. The lowest BCUT2D eigenvalue weighted by atomic mass is 9.92. The van der Waals surface area contributed by atoms with Crippen LogP contribution in [0.5, 0.6) is 0 Å². The largest absolute Gasteiger partial charge is 0.388 e. The van der Waals surface area contributed by atoms with Crippen molar-refractivity contribution in [2.75, 3.05) is 17.2 Å². The van der Waals surface area contributed by atoms with E-state index in [2.05, 4.69) is 20.7 Å². The van der Waals surface area contributed by atoms with Crippen molar-refractivity contribution in [1.82, 2.24) is 19.7 Å². The van der Waals surface area contributed by atoms with Gasteiger partial charge in [-0.3, -0.25) is 19.3 Å². The molecule has 3 unspecified atom stereocenters. The van der Waals surface area contributed by atoms with Gasteiger partial charge in [0.25, 0.3) is 0 Å². The molecule has 2 bridgehead atoms. The summed E-state index contributed by atoms with van der Waals surface area (Å²) in [7, 11) is 1.77. The summed E-state index contributed by atoms with van der Waals surface area (Å²) in [5.74, 6) is -1.53. The number of carbonyl (C=O) groups excluding carboxylic acids is 2. The average Bonchev–Trinajstić information content (AvgIpc) is 3.31. The lowest BCUT2D eigenvalue weighted by molar-refractivity contribution is -0.129. The van der Waals surface area contributed by atoms with Gasteiger partial charge >= 0.3 is 0 Å². The predicted octanol–water partition coefficient (Wildman–Crippen LogP) is 5.61. The first-order chi connectivity index (χ1) is 19.6. The smallest absolute Gasteiger partial charge is 0.247 e. The van der Waals surface area contributed by atoms with Crippen LogP contribution in [0.2, 0.25) is 5.02 Å². The molecule has 4 N–H and O–H groups in total. The van der Waals surface area contributed by atoms with Gasteiger partial charge in [0.15, 0.2) is 0 Å². The lowest BCUT2D eigenvalue weighted by Gasteiger charge is -2.35. The first-order valence-corrected chi connectivity index (χ1v) is 14.0. The van der Waals surface area contributed by atoms with Crippen LogP contribution >= 0.6 is 23.2 Å². The number of anilines is 2. The monoisotopic (exact) mass is 597 g/mol. The molecule has 2 aliphatic heterocycles. The summed E-state index contributed by atoms with van der Waals surface area (Å²) in [5, 5.41) is 10.8. The van der Waals surface area contributed by atoms with Gasteiger partial charge in [0.05, 0.1) is 35.2 Å². The number of fused-ring (bicyclic) bond motifs is 4. The highest BCUT2D eigenvalue weighted by atomic mass is 35.5. The molecule has 9 nitrogen and oxygen atoms in total. The van der Waals surface area contributed by atoms with Crippen LogP contribution in [0.1, 0.15) is 43.5 Å². The van der Waals surface area contributed by atoms with Gasteiger partial charge < -0.3 is 21.3 Å². The summed E-state index contributed by atoms with van der Waals surface area (Å²) in [4.78, 5) is 32.9. The van der Waals surface area contributed by atoms with E-state index in [-0.39, 0.29) is 17.5 Å². The number of pyridine rings is 1. The van der Waals surface area contributed by atoms with Gasteiger partial charge in [0.2, 0.25) is 11.8 Å². The molecule has 3 atom stereocenters. The van der Waals surface area contributed by atoms with Crippen molar-refractivity contribution in [3.05, 3.63) is 76.4 Å². The predicted molar refractivity (Wildman–Crippen MR) is 159 cm³/mol. The number of halogens is 3. The first-order valence-electron chi connectivity index (χ1n) is 13.2. The first kappa shape index (κ1) is 28.6. The molecule has 3 aromatic rings. The Kier molecular flexibility index (Phi) is 8.32. The molecule has 5 rings (SSSR count). The number of nitrogens with one attached hydrogen (secondary N) is 2. The highest BCUT2D eigenvalue weighted by Crippen LogP contribution is 2.37. The summed E-state index contributed by atoms with van der Waals surface area (Å²) in [6.45, 7) is 1.95. The fourth-order valence-electron chi connectivity index (χ4n) is 5.32. The van der Waals surface area contributed by atoms with Gasteiger partial charge in [0.1, 0.15) is 11.3 Å². The normalized spacial score (nSPS) is 21.8. The Balaban J connectivity index is 1.52. The van der Waals surface area contributed by atoms with Gasteiger partial charge in [-0.15, -0.1) is 0 Å². The van der Waals surface area contributed by atoms with Crippen LogP contribution in [-0.4, -0.2) is 44.2 Å². The third-order valence-corrected chi connectivity index (χ3v) is 7.88. The number of benzene rings is 1. The number of hydrogen-bond donors (Lipinski definition) is 3. The van der Waals surface area contributed by atoms with Crippen LogP contribution in [0.25, 0.3) is 16.8 Å². The Morgan fingerprint density at radius 3 is 2.80 bits per heavy atom. The molecule has 0 aliphatic carbocycles. The van der Waals surface area contributed by atoms with E-state index in [9.17, 15) is 9.59 Å². The minimum absolute atomic E-state index is 0.0826. The molecule has 2 amide bonds. The van der Waals surface area contributed by atoms with Crippen LogP contribution in [0, 0.1) is 5.92 Å². The summed E-state index contributed by atoms with van der Waals surface area (Å²) < 4.78 is 17.0. The molecule has 4 heterocycles. The fourth-order valence-corrected chi connectivity index (χ4v) is 5.55. The van der Waals surface area contributed by atoms with E-state index in [1.807, 2.05) is 12.1 Å². The van der Waals surface area contributed by atoms with Crippen molar-refractivity contribution in [3.8, 4) is 11.3 Å². The second-order valence-corrected chi connectivity index (χ2v) is 11.1. The SMILES string of the molecule is CC1C(=O)Nc2cnn(C)c2-c2ccnc(c2)C(N2CCC(c3cc(Cl)ccc3N/C=C(\N)Cl)=CC2=O)CCC1F. The van der Waals surface area contributed by atoms with Crippen molar-refractivity contribution >= 4 is 52.0 Å². The molecule has 0 radical (unpaired) electrons. The van der Waals surface area contributed by atoms with Crippen molar-refractivity contribution in [1.29, 1.82) is 0 Å². The number of carbonyl (C=O) groups is 2. The maximum atomic E-state index is 15.3. The number of aromatic nitrogens is 3. The van der Waals surface area contributed by atoms with E-state index in [0.29, 0.717) is 47.2 Å². The third-order valence-electron chi connectivity index (χ3n) is 7.54. The molecule has 0 saturated heterocycles. The molecule has 41 heavy (non-hydrogen) atoms. The number of amides is 2. The summed E-state index contributed by atoms with van der Waals surface area (Å²) >= 11 is 12.1. The number of rotatable bonds is 4. The van der Waals surface area contributed by atoms with Gasteiger partial charge in [-0.05, 0) is 55.2 Å². The van der Waals surface area contributed by atoms with Crippen LogP contribution in [0.4, 0.5) is 15.8 Å². The number of nitrogens with zero attached hydrogens (tertiary/aromatic N) is 4. The van der Waals surface area contributed by atoms with Crippen LogP contribution in [0.15, 0.2) is 60.2 Å². The van der Waals surface area contributed by atoms with E-state index in [1.54, 1.807) is 60.2 Å². The van der Waals surface area contributed by atoms with Crippen molar-refractivity contribution in [3.63, 3.8) is 0 Å². The van der Waals surface area contributed by atoms with Crippen LogP contribution < -0.4 is 16.4 Å². The molecule has 1 aromatic carbocycles. The molecule has 0 spiro atoms. The third kappa shape index (κ3) is 6.08. The zero-order valence-corrected chi connectivity index (χ0v) is 24.1. The summed E-state index contributed by atoms with van der Waals surface area (Å²) in [5.41, 5.74) is 10.4. The van der Waals surface area contributed by atoms with E-state index < -0.39 is 24.0 Å². The van der Waals surface area contributed by atoms with Gasteiger partial charge in [-0.1, -0.05) is 30.1 Å². The second-order valence-electron chi connectivity index (χ2n) is 10.2. The molecular weight excluding hydrogens is 568 g/mol. The van der Waals surface area contributed by atoms with Crippen molar-refractivity contribution < 1.29 is 14.0 Å². The highest BCUT2D eigenvalue weighted by Gasteiger charge is 2.33. The Morgan fingerprint density at radius 1 is 1.24 bits per heavy atom. The van der Waals surface area contributed by atoms with Gasteiger partial charge in [-0.25, -0.2) is 4.39 Å². The summed E-state index contributed by atoms with van der Waals surface area (Å²) in [6, 6.07) is 8.51. The molecule has 214 valence electrons. The van der Waals surface area contributed by atoms with Crippen molar-refractivity contribution in [2.24, 2.45) is 18.7 Å². The Bertz CT molecular complexity index is 1550. The second kappa shape index (κ2) is 11.9. The molecule has 2 aliphatic rings. The number of nitrogens with two attached hydrogens (primary N) is 1. The van der Waals surface area contributed by atoms with Crippen molar-refractivity contribution in [2.45, 2.75) is 38.4 Å². The highest BCUT2D eigenvalue weighted by molar-refractivity contribution is 6.31. The topological polar surface area (TPSA) is 118 Å². The van der Waals surface area contributed by atoms with E-state index in [4.69, 9.17) is 28.9 Å². The summed E-state index contributed by atoms with van der Waals surface area (Å²) in [6.07, 6.45) is 5.75. The number of alkyl halides is 1. The van der Waals surface area contributed by atoms with Crippen LogP contribution in [-0.2, 0) is 16.6 Å². The number of hydrogen-bond acceptors (Lipinski definition) is 6. The quantitative estimate of drug-likeness (QED) is 0.336. The standard InChI is InChI=1S/C29H30Cl2FN7O2/c1-16-21(32)4-6-25(23-11-18(7-9-34-23)28-24(37-29(16)41)14-36-38(28)2)39-10-8-17(12-27(39)40)20-13-19(30)3-5-22(20)35-15-26(31)33/h3,5,7,9,11-16,21,25,35H,4,6,8,10,33H2,1-2H3,(H,37,41)/b26-15-. The maximum Gasteiger partial charge on any atom is 0.247 e. The zero-order chi connectivity index (χ0) is 29.3. The minimum Gasteiger partial charge on any atom is -0.388 e. The Labute approximate surface area is 247 Å². The molecule has 2 aromatic heterocycles. The molecule has 12 heteroatoms. The Morgan fingerprint density at radius 2 is 2.05 bits per heavy atom. The lowest BCUT2D eigenvalue weighted by Crippen LogP contribution is -2.38. The zero-order valence-electron chi connectivity index (χ0n) is 22.6. The van der Waals surface area contributed by atoms with Gasteiger partial charge in [-0.2, -0.15) is 5.10 Å². The van der Waals surface area contributed by atoms with E-state index in [1.165, 1.54) is 6.20 Å². The van der Waals surface area contributed by atoms with Gasteiger partial charge in [0, 0.05) is 53.9 Å². The van der Waals surface area contributed by atoms with E-state index in [0.717, 1.165) is 16.7 Å². The van der Waals surface area contributed by atoms with E-state index >= 15 is 4.39 Å². The molecular formula is C29H30Cl2FN7O2. The molecule has 0 fully saturated rings. The molecule has 0 saturated carbocycles. The van der Waals surface area contributed by atoms with Crippen LogP contribution in [0.3, 0.4) is 0 Å². The number of aryl methyl sites for hydroxylation is 1.